The third kappa shape index (κ3) is 3.07. The first-order valence-electron chi connectivity index (χ1n) is 7.29. The summed E-state index contributed by atoms with van der Waals surface area (Å²) in [6.07, 6.45) is 0. The van der Waals surface area contributed by atoms with Gasteiger partial charge >= 0.3 is 5.97 Å². The molecule has 2 aromatic rings. The highest BCUT2D eigenvalue weighted by atomic mass is 32.2. The zero-order valence-corrected chi connectivity index (χ0v) is 13.7. The van der Waals surface area contributed by atoms with E-state index in [2.05, 4.69) is 4.72 Å². The number of esters is 1. The van der Waals surface area contributed by atoms with Crippen LogP contribution in [0.3, 0.4) is 0 Å². The third-order valence-electron chi connectivity index (χ3n) is 3.80. The van der Waals surface area contributed by atoms with Crippen molar-refractivity contribution in [2.75, 3.05) is 4.72 Å². The van der Waals surface area contributed by atoms with E-state index in [9.17, 15) is 13.2 Å². The molecule has 0 fully saturated rings. The molecule has 0 saturated carbocycles. The minimum absolute atomic E-state index is 0.185. The van der Waals surface area contributed by atoms with Crippen LogP contribution in [-0.2, 0) is 21.4 Å². The van der Waals surface area contributed by atoms with Gasteiger partial charge in [-0.3, -0.25) is 4.72 Å². The van der Waals surface area contributed by atoms with Crippen LogP contribution in [0.5, 0.6) is 0 Å². The van der Waals surface area contributed by atoms with Crippen molar-refractivity contribution in [1.29, 1.82) is 0 Å². The van der Waals surface area contributed by atoms with Gasteiger partial charge in [-0.05, 0) is 35.7 Å². The third-order valence-corrected chi connectivity index (χ3v) is 5.20. The molecule has 0 amide bonds. The van der Waals surface area contributed by atoms with Crippen LogP contribution >= 0.6 is 0 Å². The number of nitrogens with one attached hydrogen (secondary N) is 1. The second kappa shape index (κ2) is 5.70. The fourth-order valence-corrected chi connectivity index (χ4v) is 3.47. The molecule has 0 atom stereocenters. The molecular formula is C17H17NO4S. The van der Waals surface area contributed by atoms with E-state index >= 15 is 0 Å². The van der Waals surface area contributed by atoms with E-state index in [1.54, 1.807) is 36.4 Å². The van der Waals surface area contributed by atoms with E-state index in [0.717, 1.165) is 11.1 Å². The summed E-state index contributed by atoms with van der Waals surface area (Å²) < 4.78 is 32.3. The van der Waals surface area contributed by atoms with Crippen molar-refractivity contribution in [3.05, 3.63) is 59.2 Å². The van der Waals surface area contributed by atoms with Gasteiger partial charge in [-0.15, -0.1) is 0 Å². The van der Waals surface area contributed by atoms with Crippen LogP contribution in [0.4, 0.5) is 5.69 Å². The molecule has 120 valence electrons. The number of carbonyl (C=O) groups is 1. The predicted octanol–water partition coefficient (Wildman–Crippen LogP) is 3.28. The molecule has 0 spiro atoms. The van der Waals surface area contributed by atoms with E-state index in [1.807, 2.05) is 13.8 Å². The molecule has 1 N–H and O–H groups in total. The number of rotatable bonds is 4. The number of carbonyl (C=O) groups excluding carboxylic acids is 1. The lowest BCUT2D eigenvalue weighted by molar-refractivity contribution is 0.0535. The molecule has 6 heteroatoms. The Morgan fingerprint density at radius 2 is 1.78 bits per heavy atom. The van der Waals surface area contributed by atoms with Crippen LogP contribution in [0.2, 0.25) is 0 Å². The van der Waals surface area contributed by atoms with Crippen LogP contribution in [0, 0.1) is 0 Å². The van der Waals surface area contributed by atoms with E-state index in [-0.39, 0.29) is 11.5 Å². The Kier molecular flexibility index (Phi) is 3.85. The molecule has 23 heavy (non-hydrogen) atoms. The summed E-state index contributed by atoms with van der Waals surface area (Å²) in [5.41, 5.74) is 2.58. The Bertz CT molecular complexity index is 855. The topological polar surface area (TPSA) is 72.5 Å². The SMILES string of the molecule is CC(C)c1ccc(S(=O)(=O)Nc2ccc3c(c2)C(=O)OC3)cc1. The average molecular weight is 331 g/mol. The first-order chi connectivity index (χ1) is 10.9. The maximum atomic E-state index is 12.4. The van der Waals surface area contributed by atoms with Gasteiger partial charge < -0.3 is 4.74 Å². The van der Waals surface area contributed by atoms with Crippen LogP contribution in [0.25, 0.3) is 0 Å². The van der Waals surface area contributed by atoms with Gasteiger partial charge in [0.1, 0.15) is 6.61 Å². The largest absolute Gasteiger partial charge is 0.457 e. The fourth-order valence-electron chi connectivity index (χ4n) is 2.42. The van der Waals surface area contributed by atoms with E-state index in [4.69, 9.17) is 4.74 Å². The Labute approximate surface area is 135 Å². The normalized spacial score (nSPS) is 13.8. The summed E-state index contributed by atoms with van der Waals surface area (Å²) in [4.78, 5) is 11.7. The van der Waals surface area contributed by atoms with Gasteiger partial charge in [-0.2, -0.15) is 0 Å². The Morgan fingerprint density at radius 1 is 1.09 bits per heavy atom. The van der Waals surface area contributed by atoms with E-state index < -0.39 is 16.0 Å². The Hall–Kier alpha value is -2.34. The first-order valence-corrected chi connectivity index (χ1v) is 8.78. The van der Waals surface area contributed by atoms with Crippen LogP contribution < -0.4 is 4.72 Å². The minimum atomic E-state index is -3.69. The van der Waals surface area contributed by atoms with Crippen molar-refractivity contribution in [3.8, 4) is 0 Å². The summed E-state index contributed by atoms with van der Waals surface area (Å²) in [6, 6.07) is 11.6. The van der Waals surface area contributed by atoms with Crippen molar-refractivity contribution in [2.45, 2.75) is 31.3 Å². The van der Waals surface area contributed by atoms with Crippen molar-refractivity contribution in [1.82, 2.24) is 0 Å². The Balaban J connectivity index is 1.86. The lowest BCUT2D eigenvalue weighted by Crippen LogP contribution is -2.13. The van der Waals surface area contributed by atoms with Gasteiger partial charge in [-0.25, -0.2) is 13.2 Å². The van der Waals surface area contributed by atoms with E-state index in [1.165, 1.54) is 6.07 Å². The lowest BCUT2D eigenvalue weighted by atomic mass is 10.0. The van der Waals surface area contributed by atoms with Gasteiger partial charge in [0.2, 0.25) is 0 Å². The van der Waals surface area contributed by atoms with Crippen molar-refractivity contribution >= 4 is 21.7 Å². The molecule has 1 aliphatic heterocycles. The number of anilines is 1. The molecular weight excluding hydrogens is 314 g/mol. The number of fused-ring (bicyclic) bond motifs is 1. The van der Waals surface area contributed by atoms with Gasteiger partial charge in [0.25, 0.3) is 10.0 Å². The van der Waals surface area contributed by atoms with Crippen molar-refractivity contribution in [3.63, 3.8) is 0 Å². The molecule has 0 aliphatic carbocycles. The second-order valence-corrected chi connectivity index (χ2v) is 7.46. The molecule has 3 rings (SSSR count). The summed E-state index contributed by atoms with van der Waals surface area (Å²) in [6.45, 7) is 4.33. The summed E-state index contributed by atoms with van der Waals surface area (Å²) >= 11 is 0. The van der Waals surface area contributed by atoms with Gasteiger partial charge in [0.15, 0.2) is 0 Å². The zero-order valence-electron chi connectivity index (χ0n) is 12.9. The number of cyclic esters (lactones) is 1. The molecule has 0 radical (unpaired) electrons. The highest BCUT2D eigenvalue weighted by Crippen LogP contribution is 2.25. The molecule has 0 unspecified atom stereocenters. The molecule has 0 bridgehead atoms. The van der Waals surface area contributed by atoms with Crippen molar-refractivity contribution in [2.24, 2.45) is 0 Å². The summed E-state index contributed by atoms with van der Waals surface area (Å²) in [7, 11) is -3.69. The summed E-state index contributed by atoms with van der Waals surface area (Å²) in [5, 5.41) is 0. The quantitative estimate of drug-likeness (QED) is 0.873. The number of hydrogen-bond acceptors (Lipinski definition) is 4. The number of sulfonamides is 1. The molecule has 1 aliphatic rings. The van der Waals surface area contributed by atoms with Crippen molar-refractivity contribution < 1.29 is 17.9 Å². The van der Waals surface area contributed by atoms with Gasteiger partial charge in [0, 0.05) is 11.3 Å². The van der Waals surface area contributed by atoms with Crippen LogP contribution in [-0.4, -0.2) is 14.4 Å². The van der Waals surface area contributed by atoms with E-state index in [0.29, 0.717) is 17.2 Å². The number of hydrogen-bond donors (Lipinski definition) is 1. The fraction of sp³-hybridized carbons (Fsp3) is 0.235. The molecule has 1 heterocycles. The number of benzene rings is 2. The standard InChI is InChI=1S/C17H17NO4S/c1-11(2)12-4-7-15(8-5-12)23(20,21)18-14-6-3-13-10-22-17(19)16(13)9-14/h3-9,11,18H,10H2,1-2H3. The maximum Gasteiger partial charge on any atom is 0.338 e. The monoisotopic (exact) mass is 331 g/mol. The molecule has 0 aromatic heterocycles. The smallest absolute Gasteiger partial charge is 0.338 e. The van der Waals surface area contributed by atoms with Gasteiger partial charge in [0.05, 0.1) is 10.5 Å². The minimum Gasteiger partial charge on any atom is -0.457 e. The highest BCUT2D eigenvalue weighted by Gasteiger charge is 2.22. The van der Waals surface area contributed by atoms with Gasteiger partial charge in [-0.1, -0.05) is 32.0 Å². The molecule has 0 saturated heterocycles. The second-order valence-electron chi connectivity index (χ2n) is 5.78. The first kappa shape index (κ1) is 15.6. The average Bonchev–Trinajstić information content (AvgIpc) is 2.88. The summed E-state index contributed by atoms with van der Waals surface area (Å²) in [5.74, 6) is -0.0928. The molecule has 2 aromatic carbocycles. The Morgan fingerprint density at radius 3 is 2.43 bits per heavy atom. The molecule has 5 nitrogen and oxygen atoms in total. The van der Waals surface area contributed by atoms with Crippen LogP contribution in [0.15, 0.2) is 47.4 Å². The number of ether oxygens (including phenoxy) is 1. The highest BCUT2D eigenvalue weighted by molar-refractivity contribution is 7.92. The lowest BCUT2D eigenvalue weighted by Gasteiger charge is -2.10. The maximum absolute atomic E-state index is 12.4. The zero-order chi connectivity index (χ0) is 16.6. The predicted molar refractivity (Wildman–Crippen MR) is 86.9 cm³/mol. The van der Waals surface area contributed by atoms with Crippen LogP contribution in [0.1, 0.15) is 41.3 Å².